The third kappa shape index (κ3) is 6.84. The molecule has 2 amide bonds. The summed E-state index contributed by atoms with van der Waals surface area (Å²) in [6.45, 7) is 2.38. The van der Waals surface area contributed by atoms with E-state index in [1.165, 1.54) is 0 Å². The molecule has 0 aliphatic carbocycles. The highest BCUT2D eigenvalue weighted by Gasteiger charge is 2.29. The fourth-order valence-corrected chi connectivity index (χ4v) is 1.29. The SMILES string of the molecule is CCCN=C(N)NC(=O)Nc1ccc(C(F)(F)F)cc1.Cl. The number of guanidine groups is 1. The molecule has 1 rings (SSSR count). The van der Waals surface area contributed by atoms with Crippen molar-refractivity contribution in [3.8, 4) is 0 Å². The Labute approximate surface area is 126 Å². The molecule has 0 unspecified atom stereocenters. The smallest absolute Gasteiger partial charge is 0.370 e. The highest BCUT2D eigenvalue weighted by molar-refractivity contribution is 6.01. The third-order valence-corrected chi connectivity index (χ3v) is 2.22. The van der Waals surface area contributed by atoms with Gasteiger partial charge in [0.25, 0.3) is 0 Å². The van der Waals surface area contributed by atoms with Gasteiger partial charge in [-0.25, -0.2) is 4.79 Å². The lowest BCUT2D eigenvalue weighted by Crippen LogP contribution is -2.39. The van der Waals surface area contributed by atoms with Gasteiger partial charge in [-0.15, -0.1) is 12.4 Å². The Balaban J connectivity index is 0.00000400. The number of carbonyl (C=O) groups is 1. The third-order valence-electron chi connectivity index (χ3n) is 2.22. The zero-order valence-electron chi connectivity index (χ0n) is 11.2. The minimum absolute atomic E-state index is 0. The molecule has 0 heterocycles. The van der Waals surface area contributed by atoms with E-state index < -0.39 is 17.8 Å². The van der Waals surface area contributed by atoms with Gasteiger partial charge in [0.1, 0.15) is 0 Å². The number of aliphatic imine (C=N–C) groups is 1. The Bertz CT molecular complexity index is 488. The zero-order chi connectivity index (χ0) is 15.2. The predicted octanol–water partition coefficient (Wildman–Crippen LogP) is 2.97. The average Bonchev–Trinajstić information content (AvgIpc) is 2.35. The van der Waals surface area contributed by atoms with Crippen LogP contribution in [0.3, 0.4) is 0 Å². The number of nitrogens with two attached hydrogens (primary N) is 1. The van der Waals surface area contributed by atoms with Crippen molar-refractivity contribution in [2.24, 2.45) is 10.7 Å². The van der Waals surface area contributed by atoms with Crippen LogP contribution < -0.4 is 16.4 Å². The van der Waals surface area contributed by atoms with Crippen LogP contribution in [-0.4, -0.2) is 18.5 Å². The maximum atomic E-state index is 12.3. The first-order chi connectivity index (χ1) is 9.32. The van der Waals surface area contributed by atoms with E-state index in [9.17, 15) is 18.0 Å². The van der Waals surface area contributed by atoms with Crippen molar-refractivity contribution in [1.29, 1.82) is 0 Å². The predicted molar refractivity (Wildman–Crippen MR) is 77.6 cm³/mol. The van der Waals surface area contributed by atoms with Crippen LogP contribution in [0.1, 0.15) is 18.9 Å². The molecule has 118 valence electrons. The first-order valence-corrected chi connectivity index (χ1v) is 5.88. The Kier molecular flexibility index (Phi) is 7.57. The summed E-state index contributed by atoms with van der Waals surface area (Å²) in [6.07, 6.45) is -3.62. The highest BCUT2D eigenvalue weighted by Crippen LogP contribution is 2.29. The molecule has 0 spiro atoms. The lowest BCUT2D eigenvalue weighted by atomic mass is 10.2. The average molecular weight is 325 g/mol. The summed E-state index contributed by atoms with van der Waals surface area (Å²) in [5.74, 6) is -0.0451. The molecule has 1 aromatic carbocycles. The fourth-order valence-electron chi connectivity index (χ4n) is 1.29. The number of amides is 2. The van der Waals surface area contributed by atoms with E-state index in [4.69, 9.17) is 5.73 Å². The topological polar surface area (TPSA) is 79.5 Å². The van der Waals surface area contributed by atoms with Gasteiger partial charge in [0.05, 0.1) is 5.56 Å². The van der Waals surface area contributed by atoms with Crippen LogP contribution in [0.5, 0.6) is 0 Å². The van der Waals surface area contributed by atoms with Gasteiger partial charge < -0.3 is 11.1 Å². The van der Waals surface area contributed by atoms with Gasteiger partial charge in [0.15, 0.2) is 5.96 Å². The molecule has 5 nitrogen and oxygen atoms in total. The molecule has 9 heteroatoms. The molecule has 4 N–H and O–H groups in total. The van der Waals surface area contributed by atoms with Crippen molar-refractivity contribution in [2.45, 2.75) is 19.5 Å². The summed E-state index contributed by atoms with van der Waals surface area (Å²) < 4.78 is 37.0. The summed E-state index contributed by atoms with van der Waals surface area (Å²) in [6, 6.07) is 3.40. The molecule has 0 saturated carbocycles. The molecule has 0 atom stereocenters. The van der Waals surface area contributed by atoms with Crippen LogP contribution in [0.25, 0.3) is 0 Å². The number of rotatable bonds is 3. The standard InChI is InChI=1S/C12H15F3N4O.ClH/c1-2-7-17-10(16)19-11(20)18-9-5-3-8(4-6-9)12(13,14)15;/h3-6H,2,7H2,1H3,(H4,16,17,18,19,20);1H. The van der Waals surface area contributed by atoms with E-state index in [1.807, 2.05) is 6.92 Å². The van der Waals surface area contributed by atoms with Crippen LogP contribution in [-0.2, 0) is 6.18 Å². The molecule has 1 aromatic rings. The summed E-state index contributed by atoms with van der Waals surface area (Å²) in [5, 5.41) is 4.61. The summed E-state index contributed by atoms with van der Waals surface area (Å²) in [4.78, 5) is 15.3. The van der Waals surface area contributed by atoms with E-state index in [-0.39, 0.29) is 24.1 Å². The van der Waals surface area contributed by atoms with Crippen LogP contribution in [0.2, 0.25) is 0 Å². The second-order valence-corrected chi connectivity index (χ2v) is 3.92. The number of benzene rings is 1. The Hall–Kier alpha value is -1.96. The van der Waals surface area contributed by atoms with Gasteiger partial charge in [-0.1, -0.05) is 6.92 Å². The number of urea groups is 1. The lowest BCUT2D eigenvalue weighted by molar-refractivity contribution is -0.137. The second kappa shape index (κ2) is 8.35. The number of nitrogens with one attached hydrogen (secondary N) is 2. The summed E-state index contributed by atoms with van der Waals surface area (Å²) >= 11 is 0. The van der Waals surface area contributed by atoms with Crippen molar-refractivity contribution in [3.05, 3.63) is 29.8 Å². The maximum Gasteiger partial charge on any atom is 0.416 e. The molecule has 0 saturated heterocycles. The van der Waals surface area contributed by atoms with Crippen LogP contribution >= 0.6 is 12.4 Å². The Morgan fingerprint density at radius 3 is 2.33 bits per heavy atom. The summed E-state index contributed by atoms with van der Waals surface area (Å²) in [7, 11) is 0. The number of anilines is 1. The van der Waals surface area contributed by atoms with Crippen LogP contribution in [0.15, 0.2) is 29.3 Å². The minimum Gasteiger partial charge on any atom is -0.370 e. The Morgan fingerprint density at radius 2 is 1.86 bits per heavy atom. The number of nitrogens with zero attached hydrogens (tertiary/aromatic N) is 1. The van der Waals surface area contributed by atoms with Gasteiger partial charge >= 0.3 is 12.2 Å². The van der Waals surface area contributed by atoms with Crippen molar-refractivity contribution >= 4 is 30.1 Å². The fraction of sp³-hybridized carbons (Fsp3) is 0.333. The number of hydrogen-bond donors (Lipinski definition) is 3. The number of alkyl halides is 3. The first kappa shape index (κ1) is 19.0. The van der Waals surface area contributed by atoms with Crippen molar-refractivity contribution in [1.82, 2.24) is 5.32 Å². The molecular formula is C12H16ClF3N4O. The summed E-state index contributed by atoms with van der Waals surface area (Å²) in [5.41, 5.74) is 4.86. The van der Waals surface area contributed by atoms with Gasteiger partial charge in [-0.05, 0) is 30.7 Å². The van der Waals surface area contributed by atoms with Crippen molar-refractivity contribution < 1.29 is 18.0 Å². The first-order valence-electron chi connectivity index (χ1n) is 5.88. The normalized spacial score (nSPS) is 11.5. The number of hydrogen-bond acceptors (Lipinski definition) is 2. The van der Waals surface area contributed by atoms with E-state index in [0.29, 0.717) is 6.54 Å². The van der Waals surface area contributed by atoms with E-state index in [0.717, 1.165) is 30.7 Å². The van der Waals surface area contributed by atoms with E-state index in [2.05, 4.69) is 15.6 Å². The molecule has 0 aliphatic rings. The molecule has 0 aliphatic heterocycles. The number of halogens is 4. The van der Waals surface area contributed by atoms with Crippen molar-refractivity contribution in [3.63, 3.8) is 0 Å². The van der Waals surface area contributed by atoms with Gasteiger partial charge in [0.2, 0.25) is 0 Å². The second-order valence-electron chi connectivity index (χ2n) is 3.92. The quantitative estimate of drug-likeness (QED) is 0.590. The molecule has 0 bridgehead atoms. The molecule has 0 radical (unpaired) electrons. The minimum atomic E-state index is -4.40. The zero-order valence-corrected chi connectivity index (χ0v) is 12.0. The molecule has 0 aromatic heterocycles. The van der Waals surface area contributed by atoms with Crippen molar-refractivity contribution in [2.75, 3.05) is 11.9 Å². The maximum absolute atomic E-state index is 12.3. The lowest BCUT2D eigenvalue weighted by Gasteiger charge is -2.09. The monoisotopic (exact) mass is 324 g/mol. The van der Waals surface area contributed by atoms with Crippen LogP contribution in [0, 0.1) is 0 Å². The molecule has 0 fully saturated rings. The molecule has 21 heavy (non-hydrogen) atoms. The highest BCUT2D eigenvalue weighted by atomic mass is 35.5. The Morgan fingerprint density at radius 1 is 1.29 bits per heavy atom. The molecular weight excluding hydrogens is 309 g/mol. The van der Waals surface area contributed by atoms with E-state index >= 15 is 0 Å². The van der Waals surface area contributed by atoms with Crippen LogP contribution in [0.4, 0.5) is 23.7 Å². The van der Waals surface area contributed by atoms with Gasteiger partial charge in [-0.2, -0.15) is 13.2 Å². The van der Waals surface area contributed by atoms with Gasteiger partial charge in [0, 0.05) is 12.2 Å². The largest absolute Gasteiger partial charge is 0.416 e. The van der Waals surface area contributed by atoms with Gasteiger partial charge in [-0.3, -0.25) is 10.3 Å². The van der Waals surface area contributed by atoms with E-state index in [1.54, 1.807) is 0 Å². The number of carbonyl (C=O) groups excluding carboxylic acids is 1.